The highest BCUT2D eigenvalue weighted by molar-refractivity contribution is 7.12. The summed E-state index contributed by atoms with van der Waals surface area (Å²) in [6.07, 6.45) is 3.93. The van der Waals surface area contributed by atoms with Crippen LogP contribution in [0.3, 0.4) is 0 Å². The van der Waals surface area contributed by atoms with Crippen LogP contribution in [-0.2, 0) is 17.6 Å². The highest BCUT2D eigenvalue weighted by Gasteiger charge is 2.26. The minimum absolute atomic E-state index is 0.00332. The number of benzene rings is 1. The molecule has 0 radical (unpaired) electrons. The van der Waals surface area contributed by atoms with Crippen LogP contribution in [0.1, 0.15) is 40.7 Å². The van der Waals surface area contributed by atoms with Crippen LogP contribution in [0.5, 0.6) is 5.75 Å². The molecular weight excluding hydrogens is 412 g/mol. The molecule has 1 aromatic carbocycles. The van der Waals surface area contributed by atoms with Gasteiger partial charge < -0.3 is 10.1 Å². The van der Waals surface area contributed by atoms with Gasteiger partial charge >= 0.3 is 0 Å². The molecule has 8 heteroatoms. The number of fused-ring (bicyclic) bond motifs is 1. The normalized spacial score (nSPS) is 16.1. The quantitative estimate of drug-likeness (QED) is 0.590. The standard InChI is InChI=1S/C23H24N4O3S/c1-2-19(30-17-7-4-3-5-8-17)21(28)25-16-10-11-18-15(13-16)14-24-23(26-18)27-22(29)20-9-6-12-31-20/h3-9,12,14,16,19H,2,10-11,13H2,1H3,(H,25,28)(H,24,26,27,29). The van der Waals surface area contributed by atoms with Crippen LogP contribution in [0, 0.1) is 0 Å². The van der Waals surface area contributed by atoms with Crippen LogP contribution in [0.15, 0.2) is 54.0 Å². The molecule has 3 aromatic rings. The van der Waals surface area contributed by atoms with E-state index in [1.54, 1.807) is 12.3 Å². The van der Waals surface area contributed by atoms with Crippen molar-refractivity contribution >= 4 is 29.1 Å². The van der Waals surface area contributed by atoms with Crippen molar-refractivity contribution in [2.45, 2.75) is 44.8 Å². The first-order valence-corrected chi connectivity index (χ1v) is 11.2. The van der Waals surface area contributed by atoms with Gasteiger partial charge in [0.05, 0.1) is 4.88 Å². The topological polar surface area (TPSA) is 93.2 Å². The molecule has 0 fully saturated rings. The Morgan fingerprint density at radius 1 is 1.23 bits per heavy atom. The first-order valence-electron chi connectivity index (χ1n) is 10.3. The molecule has 0 saturated carbocycles. The number of carbonyl (C=O) groups is 2. The summed E-state index contributed by atoms with van der Waals surface area (Å²) in [6.45, 7) is 1.93. The van der Waals surface area contributed by atoms with Gasteiger partial charge in [0.1, 0.15) is 5.75 Å². The van der Waals surface area contributed by atoms with Crippen molar-refractivity contribution in [3.8, 4) is 5.75 Å². The molecule has 2 heterocycles. The number of nitrogens with zero attached hydrogens (tertiary/aromatic N) is 2. The number of ether oxygens (including phenoxy) is 1. The molecule has 160 valence electrons. The predicted octanol–water partition coefficient (Wildman–Crippen LogP) is 3.62. The van der Waals surface area contributed by atoms with Gasteiger partial charge in [-0.15, -0.1) is 11.3 Å². The molecule has 2 aromatic heterocycles. The van der Waals surface area contributed by atoms with Crippen molar-refractivity contribution in [2.75, 3.05) is 5.32 Å². The van der Waals surface area contributed by atoms with Crippen LogP contribution in [0.4, 0.5) is 5.95 Å². The van der Waals surface area contributed by atoms with Crippen LogP contribution < -0.4 is 15.4 Å². The number of thiophene rings is 1. The highest BCUT2D eigenvalue weighted by Crippen LogP contribution is 2.21. The first kappa shape index (κ1) is 21.0. The van der Waals surface area contributed by atoms with Crippen molar-refractivity contribution in [1.82, 2.24) is 15.3 Å². The predicted molar refractivity (Wildman–Crippen MR) is 119 cm³/mol. The number of nitrogens with one attached hydrogen (secondary N) is 2. The van der Waals surface area contributed by atoms with Crippen molar-refractivity contribution in [3.63, 3.8) is 0 Å². The van der Waals surface area contributed by atoms with Gasteiger partial charge in [-0.1, -0.05) is 31.2 Å². The summed E-state index contributed by atoms with van der Waals surface area (Å²) >= 11 is 1.37. The third-order valence-electron chi connectivity index (χ3n) is 5.15. The number of amides is 2. The summed E-state index contributed by atoms with van der Waals surface area (Å²) in [5, 5.41) is 7.71. The van der Waals surface area contributed by atoms with Crippen molar-refractivity contribution < 1.29 is 14.3 Å². The molecule has 2 N–H and O–H groups in total. The lowest BCUT2D eigenvalue weighted by molar-refractivity contribution is -0.128. The van der Waals surface area contributed by atoms with E-state index in [0.717, 1.165) is 17.7 Å². The fourth-order valence-electron chi connectivity index (χ4n) is 3.54. The first-order chi connectivity index (χ1) is 15.1. The van der Waals surface area contributed by atoms with Crippen LogP contribution in [0.25, 0.3) is 0 Å². The molecule has 0 saturated heterocycles. The fourth-order valence-corrected chi connectivity index (χ4v) is 4.16. The summed E-state index contributed by atoms with van der Waals surface area (Å²) in [7, 11) is 0. The van der Waals surface area contributed by atoms with Gasteiger partial charge in [-0.25, -0.2) is 9.97 Å². The molecule has 31 heavy (non-hydrogen) atoms. The Hall–Kier alpha value is -3.26. The van der Waals surface area contributed by atoms with Gasteiger partial charge in [-0.3, -0.25) is 14.9 Å². The number of rotatable bonds is 7. The number of aromatic nitrogens is 2. The van der Waals surface area contributed by atoms with E-state index in [0.29, 0.717) is 35.8 Å². The van der Waals surface area contributed by atoms with Crippen molar-refractivity contribution in [1.29, 1.82) is 0 Å². The molecule has 1 aliphatic rings. The Morgan fingerprint density at radius 2 is 2.06 bits per heavy atom. The van der Waals surface area contributed by atoms with Gasteiger partial charge in [0, 0.05) is 17.9 Å². The maximum atomic E-state index is 12.7. The van der Waals surface area contributed by atoms with E-state index in [1.165, 1.54) is 11.3 Å². The third kappa shape index (κ3) is 5.27. The smallest absolute Gasteiger partial charge is 0.268 e. The highest BCUT2D eigenvalue weighted by atomic mass is 32.1. The van der Waals surface area contributed by atoms with Gasteiger partial charge in [0.25, 0.3) is 11.8 Å². The molecule has 2 atom stereocenters. The van der Waals surface area contributed by atoms with E-state index in [4.69, 9.17) is 4.74 Å². The Kier molecular flexibility index (Phi) is 6.57. The van der Waals surface area contributed by atoms with Crippen molar-refractivity contribution in [2.24, 2.45) is 0 Å². The van der Waals surface area contributed by atoms with Gasteiger partial charge in [0.15, 0.2) is 6.10 Å². The summed E-state index contributed by atoms with van der Waals surface area (Å²) in [4.78, 5) is 34.3. The van der Waals surface area contributed by atoms with Crippen LogP contribution in [-0.4, -0.2) is 33.9 Å². The van der Waals surface area contributed by atoms with Crippen LogP contribution in [0.2, 0.25) is 0 Å². The molecule has 0 spiro atoms. The number of aryl methyl sites for hydroxylation is 1. The second-order valence-electron chi connectivity index (χ2n) is 7.37. The molecule has 0 aliphatic heterocycles. The summed E-state index contributed by atoms with van der Waals surface area (Å²) in [6, 6.07) is 13.0. The van der Waals surface area contributed by atoms with E-state index < -0.39 is 6.10 Å². The minimum Gasteiger partial charge on any atom is -0.481 e. The minimum atomic E-state index is -0.533. The molecule has 1 aliphatic carbocycles. The summed E-state index contributed by atoms with van der Waals surface area (Å²) in [5.41, 5.74) is 1.90. The zero-order chi connectivity index (χ0) is 21.6. The second-order valence-corrected chi connectivity index (χ2v) is 8.32. The number of carbonyl (C=O) groups excluding carboxylic acids is 2. The van der Waals surface area contributed by atoms with E-state index >= 15 is 0 Å². The number of anilines is 1. The van der Waals surface area contributed by atoms with E-state index in [2.05, 4.69) is 20.6 Å². The van der Waals surface area contributed by atoms with Gasteiger partial charge in [-0.2, -0.15) is 0 Å². The fraction of sp³-hybridized carbons (Fsp3) is 0.304. The number of para-hydroxylation sites is 1. The van der Waals surface area contributed by atoms with Crippen LogP contribution >= 0.6 is 11.3 Å². The lowest BCUT2D eigenvalue weighted by Gasteiger charge is -2.27. The molecule has 4 rings (SSSR count). The average molecular weight is 437 g/mol. The molecule has 0 bridgehead atoms. The van der Waals surface area contributed by atoms with E-state index in [1.807, 2.05) is 48.7 Å². The van der Waals surface area contributed by atoms with E-state index in [9.17, 15) is 9.59 Å². The zero-order valence-corrected chi connectivity index (χ0v) is 18.0. The Bertz CT molecular complexity index is 1040. The SMILES string of the molecule is CCC(Oc1ccccc1)C(=O)NC1CCc2nc(NC(=O)c3cccs3)ncc2C1. The third-order valence-corrected chi connectivity index (χ3v) is 6.02. The maximum Gasteiger partial charge on any atom is 0.268 e. The Labute approximate surface area is 184 Å². The maximum absolute atomic E-state index is 12.7. The second kappa shape index (κ2) is 9.70. The van der Waals surface area contributed by atoms with Gasteiger partial charge in [-0.05, 0) is 54.8 Å². The number of hydrogen-bond donors (Lipinski definition) is 2. The zero-order valence-electron chi connectivity index (χ0n) is 17.2. The Balaban J connectivity index is 1.35. The van der Waals surface area contributed by atoms with E-state index in [-0.39, 0.29) is 17.9 Å². The Morgan fingerprint density at radius 3 is 2.81 bits per heavy atom. The average Bonchev–Trinajstić information content (AvgIpc) is 3.33. The molecule has 2 amide bonds. The monoisotopic (exact) mass is 436 g/mol. The largest absolute Gasteiger partial charge is 0.481 e. The molecular formula is C23H24N4O3S. The lowest BCUT2D eigenvalue weighted by atomic mass is 9.92. The number of hydrogen-bond acceptors (Lipinski definition) is 6. The lowest BCUT2D eigenvalue weighted by Crippen LogP contribution is -2.45. The summed E-state index contributed by atoms with van der Waals surface area (Å²) < 4.78 is 5.84. The summed E-state index contributed by atoms with van der Waals surface area (Å²) in [5.74, 6) is 0.673. The van der Waals surface area contributed by atoms with Gasteiger partial charge in [0.2, 0.25) is 5.95 Å². The molecule has 7 nitrogen and oxygen atoms in total. The molecule has 2 unspecified atom stereocenters. The van der Waals surface area contributed by atoms with Crippen molar-refractivity contribution in [3.05, 3.63) is 70.2 Å².